The van der Waals surface area contributed by atoms with Gasteiger partial charge in [0.2, 0.25) is 5.91 Å². The first-order valence-electron chi connectivity index (χ1n) is 7.23. The first kappa shape index (κ1) is 18.2. The average Bonchev–Trinajstić information content (AvgIpc) is 2.73. The summed E-state index contributed by atoms with van der Waals surface area (Å²) < 4.78 is 11.4. The van der Waals surface area contributed by atoms with Gasteiger partial charge in [-0.05, 0) is 25.8 Å². The van der Waals surface area contributed by atoms with Gasteiger partial charge in [-0.25, -0.2) is 0 Å². The SMILES string of the molecule is COCCN(CC(=O)OC)C(=O)CCc1c(C)nn(C)c1C. The van der Waals surface area contributed by atoms with Crippen LogP contribution in [0.4, 0.5) is 0 Å². The number of carbonyl (C=O) groups is 2. The molecule has 0 spiro atoms. The number of aromatic nitrogens is 2. The molecule has 0 N–H and O–H groups in total. The van der Waals surface area contributed by atoms with Crippen LogP contribution in [0.15, 0.2) is 0 Å². The van der Waals surface area contributed by atoms with Crippen molar-refractivity contribution in [3.05, 3.63) is 17.0 Å². The summed E-state index contributed by atoms with van der Waals surface area (Å²) in [6.07, 6.45) is 0.934. The van der Waals surface area contributed by atoms with E-state index in [0.29, 0.717) is 26.0 Å². The fraction of sp³-hybridized carbons (Fsp3) is 0.667. The zero-order valence-corrected chi connectivity index (χ0v) is 14.0. The highest BCUT2D eigenvalue weighted by Crippen LogP contribution is 2.14. The van der Waals surface area contributed by atoms with Gasteiger partial charge in [0.05, 0.1) is 19.4 Å². The Morgan fingerprint density at radius 3 is 2.45 bits per heavy atom. The molecule has 0 saturated heterocycles. The molecular formula is C15H25N3O4. The Hall–Kier alpha value is -1.89. The second kappa shape index (κ2) is 8.53. The maximum Gasteiger partial charge on any atom is 0.325 e. The molecule has 0 unspecified atom stereocenters. The number of nitrogens with zero attached hydrogens (tertiary/aromatic N) is 3. The fourth-order valence-corrected chi connectivity index (χ4v) is 2.28. The highest BCUT2D eigenvalue weighted by molar-refractivity contribution is 5.82. The van der Waals surface area contributed by atoms with Gasteiger partial charge in [-0.15, -0.1) is 0 Å². The van der Waals surface area contributed by atoms with Crippen LogP contribution in [-0.2, 0) is 32.5 Å². The van der Waals surface area contributed by atoms with Crippen LogP contribution < -0.4 is 0 Å². The van der Waals surface area contributed by atoms with E-state index in [4.69, 9.17) is 4.74 Å². The summed E-state index contributed by atoms with van der Waals surface area (Å²) in [5.41, 5.74) is 3.08. The molecule has 1 aromatic heterocycles. The van der Waals surface area contributed by atoms with Gasteiger partial charge in [-0.3, -0.25) is 14.3 Å². The minimum absolute atomic E-state index is 0.0519. The van der Waals surface area contributed by atoms with Crippen LogP contribution in [0.2, 0.25) is 0 Å². The van der Waals surface area contributed by atoms with Crippen molar-refractivity contribution < 1.29 is 19.1 Å². The van der Waals surface area contributed by atoms with Gasteiger partial charge in [0.15, 0.2) is 0 Å². The van der Waals surface area contributed by atoms with Gasteiger partial charge in [0.1, 0.15) is 6.54 Å². The molecule has 0 atom stereocenters. The van der Waals surface area contributed by atoms with Gasteiger partial charge in [-0.2, -0.15) is 5.10 Å². The molecule has 0 bridgehead atoms. The monoisotopic (exact) mass is 311 g/mol. The molecule has 0 aliphatic heterocycles. The Morgan fingerprint density at radius 1 is 1.27 bits per heavy atom. The predicted molar refractivity (Wildman–Crippen MR) is 81.5 cm³/mol. The van der Waals surface area contributed by atoms with E-state index in [2.05, 4.69) is 9.84 Å². The third-order valence-electron chi connectivity index (χ3n) is 3.71. The number of esters is 1. The van der Waals surface area contributed by atoms with Crippen molar-refractivity contribution in [3.8, 4) is 0 Å². The average molecular weight is 311 g/mol. The Morgan fingerprint density at radius 2 is 1.95 bits per heavy atom. The molecule has 0 saturated carbocycles. The molecule has 0 aromatic carbocycles. The standard InChI is InChI=1S/C15H25N3O4/c1-11-13(12(2)17(3)16-11)6-7-14(19)18(8-9-21-4)10-15(20)22-5/h6-10H2,1-5H3. The summed E-state index contributed by atoms with van der Waals surface area (Å²) in [6.45, 7) is 4.62. The fourth-order valence-electron chi connectivity index (χ4n) is 2.28. The van der Waals surface area contributed by atoms with Gasteiger partial charge in [0, 0.05) is 32.8 Å². The molecule has 7 nitrogen and oxygen atoms in total. The number of hydrogen-bond acceptors (Lipinski definition) is 5. The Balaban J connectivity index is 2.67. The maximum atomic E-state index is 12.3. The molecule has 22 heavy (non-hydrogen) atoms. The van der Waals surface area contributed by atoms with E-state index in [-0.39, 0.29) is 12.5 Å². The molecule has 124 valence electrons. The van der Waals surface area contributed by atoms with Crippen LogP contribution in [-0.4, -0.2) is 60.5 Å². The normalized spacial score (nSPS) is 10.6. The largest absolute Gasteiger partial charge is 0.468 e. The van der Waals surface area contributed by atoms with Crippen molar-refractivity contribution >= 4 is 11.9 Å². The lowest BCUT2D eigenvalue weighted by Crippen LogP contribution is -2.38. The molecular weight excluding hydrogens is 286 g/mol. The lowest BCUT2D eigenvalue weighted by Gasteiger charge is -2.21. The van der Waals surface area contributed by atoms with Crippen molar-refractivity contribution in [2.45, 2.75) is 26.7 Å². The Labute approximate surface area is 131 Å². The smallest absolute Gasteiger partial charge is 0.325 e. The van der Waals surface area contributed by atoms with Crippen molar-refractivity contribution in [1.29, 1.82) is 0 Å². The molecule has 0 fully saturated rings. The van der Waals surface area contributed by atoms with E-state index in [1.807, 2.05) is 25.6 Å². The summed E-state index contributed by atoms with van der Waals surface area (Å²) in [5, 5.41) is 4.34. The maximum absolute atomic E-state index is 12.3. The van der Waals surface area contributed by atoms with Crippen molar-refractivity contribution in [2.75, 3.05) is 33.9 Å². The van der Waals surface area contributed by atoms with E-state index in [0.717, 1.165) is 17.0 Å². The molecule has 7 heteroatoms. The third-order valence-corrected chi connectivity index (χ3v) is 3.71. The molecule has 1 heterocycles. The second-order valence-electron chi connectivity index (χ2n) is 5.16. The number of methoxy groups -OCH3 is 2. The molecule has 0 aliphatic rings. The van der Waals surface area contributed by atoms with E-state index >= 15 is 0 Å². The van der Waals surface area contributed by atoms with Crippen LogP contribution >= 0.6 is 0 Å². The number of aryl methyl sites for hydroxylation is 2. The minimum Gasteiger partial charge on any atom is -0.468 e. The zero-order chi connectivity index (χ0) is 16.7. The van der Waals surface area contributed by atoms with Crippen molar-refractivity contribution in [1.82, 2.24) is 14.7 Å². The highest BCUT2D eigenvalue weighted by Gasteiger charge is 2.19. The molecule has 1 amide bonds. The number of rotatable bonds is 8. The summed E-state index contributed by atoms with van der Waals surface area (Å²) in [6, 6.07) is 0. The molecule has 0 radical (unpaired) electrons. The Kier molecular flexibility index (Phi) is 7.04. The predicted octanol–water partition coefficient (Wildman–Crippen LogP) is 0.618. The van der Waals surface area contributed by atoms with Crippen LogP contribution in [0.1, 0.15) is 23.4 Å². The van der Waals surface area contributed by atoms with E-state index < -0.39 is 5.97 Å². The van der Waals surface area contributed by atoms with Gasteiger partial charge in [-0.1, -0.05) is 0 Å². The lowest BCUT2D eigenvalue weighted by atomic mass is 10.1. The topological polar surface area (TPSA) is 73.7 Å². The van der Waals surface area contributed by atoms with E-state index in [9.17, 15) is 9.59 Å². The Bertz CT molecular complexity index is 525. The number of amides is 1. The summed E-state index contributed by atoms with van der Waals surface area (Å²) in [7, 11) is 4.75. The van der Waals surface area contributed by atoms with Crippen LogP contribution in [0.5, 0.6) is 0 Å². The molecule has 0 aliphatic carbocycles. The minimum atomic E-state index is -0.432. The third kappa shape index (κ3) is 4.84. The lowest BCUT2D eigenvalue weighted by molar-refractivity contribution is -0.147. The molecule has 1 rings (SSSR count). The molecule has 1 aromatic rings. The zero-order valence-electron chi connectivity index (χ0n) is 14.0. The first-order chi connectivity index (χ1) is 10.4. The van der Waals surface area contributed by atoms with Crippen LogP contribution in [0, 0.1) is 13.8 Å². The second-order valence-corrected chi connectivity index (χ2v) is 5.16. The van der Waals surface area contributed by atoms with E-state index in [1.54, 1.807) is 7.11 Å². The van der Waals surface area contributed by atoms with E-state index in [1.165, 1.54) is 12.0 Å². The number of hydrogen-bond donors (Lipinski definition) is 0. The van der Waals surface area contributed by atoms with Gasteiger partial charge in [0.25, 0.3) is 0 Å². The van der Waals surface area contributed by atoms with Gasteiger partial charge < -0.3 is 14.4 Å². The number of carbonyl (C=O) groups excluding carboxylic acids is 2. The van der Waals surface area contributed by atoms with Crippen molar-refractivity contribution in [3.63, 3.8) is 0 Å². The van der Waals surface area contributed by atoms with Gasteiger partial charge >= 0.3 is 5.97 Å². The number of ether oxygens (including phenoxy) is 2. The van der Waals surface area contributed by atoms with Crippen molar-refractivity contribution in [2.24, 2.45) is 7.05 Å². The first-order valence-corrected chi connectivity index (χ1v) is 7.23. The van der Waals surface area contributed by atoms with Crippen LogP contribution in [0.25, 0.3) is 0 Å². The quantitative estimate of drug-likeness (QED) is 0.658. The summed E-state index contributed by atoms with van der Waals surface area (Å²) in [5.74, 6) is -0.525. The highest BCUT2D eigenvalue weighted by atomic mass is 16.5. The summed E-state index contributed by atoms with van der Waals surface area (Å²) >= 11 is 0. The summed E-state index contributed by atoms with van der Waals surface area (Å²) in [4.78, 5) is 25.2. The van der Waals surface area contributed by atoms with Crippen LogP contribution in [0.3, 0.4) is 0 Å².